The van der Waals surface area contributed by atoms with Gasteiger partial charge in [0.2, 0.25) is 0 Å². The van der Waals surface area contributed by atoms with Crippen LogP contribution in [-0.4, -0.2) is 15.0 Å². The molecule has 2 bridgehead atoms. The van der Waals surface area contributed by atoms with Crippen molar-refractivity contribution in [2.75, 3.05) is 0 Å². The van der Waals surface area contributed by atoms with Crippen molar-refractivity contribution in [3.8, 4) is 62.5 Å². The van der Waals surface area contributed by atoms with Crippen LogP contribution in [0.2, 0.25) is 0 Å². The summed E-state index contributed by atoms with van der Waals surface area (Å²) >= 11 is 0. The summed E-state index contributed by atoms with van der Waals surface area (Å²) < 4.78 is 0. The van der Waals surface area contributed by atoms with Crippen LogP contribution < -0.4 is 0 Å². The third kappa shape index (κ3) is 4.72. The van der Waals surface area contributed by atoms with E-state index in [0.29, 0.717) is 28.5 Å². The average Bonchev–Trinajstić information content (AvgIpc) is 3.72. The van der Waals surface area contributed by atoms with E-state index in [1.54, 1.807) is 5.56 Å². The van der Waals surface area contributed by atoms with Crippen LogP contribution in [-0.2, 0) is 10.8 Å². The van der Waals surface area contributed by atoms with Crippen LogP contribution in [0.3, 0.4) is 0 Å². The maximum Gasteiger partial charge on any atom is 0.164 e. The molecule has 0 saturated heterocycles. The summed E-state index contributed by atoms with van der Waals surface area (Å²) in [6.07, 6.45) is 6.65. The standard InChI is InChI=1S/C51H40N4/c1-33-12-15-40(26-45(33)48-54-46(38-8-4-2-5-9-38)53-47(55-48)39-10-6-3-7-11-39)37-18-22-41(23-19-37)49-28-43-27-44-29-50(31-49,51(43,44)32-49)42-24-20-36(21-25-42)35-16-13-34(30-52)14-17-35/h2-26,43-44H,27-29,31-32H2,1H3. The number of rotatable bonds is 7. The lowest BCUT2D eigenvalue weighted by atomic mass is 9.30. The van der Waals surface area contributed by atoms with Gasteiger partial charge >= 0.3 is 0 Å². The monoisotopic (exact) mass is 708 g/mol. The van der Waals surface area contributed by atoms with Crippen molar-refractivity contribution in [2.45, 2.75) is 49.9 Å². The first-order valence-electron chi connectivity index (χ1n) is 19.7. The molecular formula is C51H40N4. The Bertz CT molecular complexity index is 2590. The van der Waals surface area contributed by atoms with Crippen LogP contribution in [0.1, 0.15) is 54.4 Å². The van der Waals surface area contributed by atoms with Crippen molar-refractivity contribution in [3.63, 3.8) is 0 Å². The van der Waals surface area contributed by atoms with E-state index < -0.39 is 0 Å². The Kier molecular flexibility index (Phi) is 6.99. The SMILES string of the molecule is Cc1ccc(-c2ccc(C34CC5CC6CC(c7ccc(-c8ccc(C#N)cc8)cc7)(C3)C56C4)cc2)cc1-c1nc(-c2ccccc2)nc(-c2ccccc2)n1. The second-order valence-corrected chi connectivity index (χ2v) is 16.7. The molecule has 4 saturated carbocycles. The van der Waals surface area contributed by atoms with Crippen molar-refractivity contribution in [1.29, 1.82) is 5.26 Å². The summed E-state index contributed by atoms with van der Waals surface area (Å²) in [6, 6.07) is 56.3. The van der Waals surface area contributed by atoms with Gasteiger partial charge in [-0.05, 0) is 119 Å². The molecule has 7 aromatic rings. The first kappa shape index (κ1) is 32.3. The molecule has 264 valence electrons. The minimum absolute atomic E-state index is 0.241. The number of aromatic nitrogens is 3. The summed E-state index contributed by atoms with van der Waals surface area (Å²) in [4.78, 5) is 15.0. The third-order valence-corrected chi connectivity index (χ3v) is 14.2. The number of nitrogens with zero attached hydrogens (tertiary/aromatic N) is 4. The topological polar surface area (TPSA) is 62.5 Å². The molecule has 5 atom stereocenters. The molecule has 0 amide bonds. The molecule has 1 heterocycles. The summed E-state index contributed by atoms with van der Waals surface area (Å²) in [7, 11) is 0. The van der Waals surface area contributed by atoms with Crippen molar-refractivity contribution in [2.24, 2.45) is 17.3 Å². The van der Waals surface area contributed by atoms with Gasteiger partial charge < -0.3 is 0 Å². The van der Waals surface area contributed by atoms with E-state index >= 15 is 0 Å². The number of nitriles is 1. The fourth-order valence-electron chi connectivity index (χ4n) is 11.8. The Balaban J connectivity index is 0.907. The molecule has 1 aromatic heterocycles. The zero-order chi connectivity index (χ0) is 36.8. The fourth-order valence-corrected chi connectivity index (χ4v) is 11.8. The van der Waals surface area contributed by atoms with E-state index in [-0.39, 0.29) is 10.8 Å². The number of benzene rings is 6. The van der Waals surface area contributed by atoms with Gasteiger partial charge in [-0.15, -0.1) is 0 Å². The molecule has 1 spiro atoms. The maximum absolute atomic E-state index is 9.24. The van der Waals surface area contributed by atoms with Gasteiger partial charge in [-0.2, -0.15) is 5.26 Å². The summed E-state index contributed by atoms with van der Waals surface area (Å²) in [6.45, 7) is 2.14. The molecule has 4 heteroatoms. The highest BCUT2D eigenvalue weighted by molar-refractivity contribution is 5.75. The Morgan fingerprint density at radius 3 is 1.65 bits per heavy atom. The van der Waals surface area contributed by atoms with E-state index in [1.807, 2.05) is 48.5 Å². The summed E-state index contributed by atoms with van der Waals surface area (Å²) in [5.41, 5.74) is 13.6. The van der Waals surface area contributed by atoms with Gasteiger partial charge in [-0.1, -0.05) is 133 Å². The van der Waals surface area contributed by atoms with Gasteiger partial charge in [-0.25, -0.2) is 15.0 Å². The lowest BCUT2D eigenvalue weighted by molar-refractivity contribution is -0.199. The molecule has 0 aliphatic heterocycles. The van der Waals surface area contributed by atoms with Crippen LogP contribution in [0.4, 0.5) is 0 Å². The second-order valence-electron chi connectivity index (χ2n) is 16.7. The molecule has 11 rings (SSSR count). The number of fused-ring (bicyclic) bond motifs is 1. The Morgan fingerprint density at radius 2 is 1.05 bits per heavy atom. The molecule has 55 heavy (non-hydrogen) atoms. The molecule has 0 radical (unpaired) electrons. The van der Waals surface area contributed by atoms with Gasteiger partial charge in [0.1, 0.15) is 0 Å². The molecule has 0 N–H and O–H groups in total. The summed E-state index contributed by atoms with van der Waals surface area (Å²) in [5.74, 6) is 3.76. The largest absolute Gasteiger partial charge is 0.208 e. The number of aryl methyl sites for hydroxylation is 1. The van der Waals surface area contributed by atoms with Gasteiger partial charge in [-0.3, -0.25) is 0 Å². The minimum Gasteiger partial charge on any atom is -0.208 e. The molecule has 4 fully saturated rings. The molecule has 4 aliphatic carbocycles. The second kappa shape index (κ2) is 11.9. The van der Waals surface area contributed by atoms with Crippen LogP contribution in [0.25, 0.3) is 56.4 Å². The van der Waals surface area contributed by atoms with Crippen molar-refractivity contribution in [3.05, 3.63) is 174 Å². The van der Waals surface area contributed by atoms with E-state index in [0.717, 1.165) is 34.1 Å². The molecule has 6 aromatic carbocycles. The van der Waals surface area contributed by atoms with Crippen LogP contribution in [0, 0.1) is 35.5 Å². The van der Waals surface area contributed by atoms with Crippen LogP contribution in [0.5, 0.6) is 0 Å². The van der Waals surface area contributed by atoms with Gasteiger partial charge in [0.05, 0.1) is 11.6 Å². The van der Waals surface area contributed by atoms with Crippen molar-refractivity contribution >= 4 is 0 Å². The number of hydrogen-bond donors (Lipinski definition) is 0. The highest BCUT2D eigenvalue weighted by Crippen LogP contribution is 2.89. The normalized spacial score (nSPS) is 25.4. The first-order valence-corrected chi connectivity index (χ1v) is 19.7. The zero-order valence-electron chi connectivity index (χ0n) is 30.9. The zero-order valence-corrected chi connectivity index (χ0v) is 30.9. The van der Waals surface area contributed by atoms with Crippen molar-refractivity contribution < 1.29 is 0 Å². The molecule has 5 unspecified atom stereocenters. The van der Waals surface area contributed by atoms with Crippen LogP contribution in [0.15, 0.2) is 152 Å². The predicted octanol–water partition coefficient (Wildman–Crippen LogP) is 11.8. The number of hydrogen-bond acceptors (Lipinski definition) is 4. The quantitative estimate of drug-likeness (QED) is 0.165. The Hall–Kier alpha value is -6.18. The summed E-state index contributed by atoms with van der Waals surface area (Å²) in [5, 5.41) is 9.24. The fraction of sp³-hybridized carbons (Fsp3) is 0.216. The Labute approximate surface area is 322 Å². The van der Waals surface area contributed by atoms with E-state index in [2.05, 4.69) is 116 Å². The lowest BCUT2D eigenvalue weighted by Gasteiger charge is -2.73. The highest BCUT2D eigenvalue weighted by Gasteiger charge is 2.84. The minimum atomic E-state index is 0.241. The molecular weight excluding hydrogens is 669 g/mol. The van der Waals surface area contributed by atoms with Crippen LogP contribution >= 0.6 is 0 Å². The smallest absolute Gasteiger partial charge is 0.164 e. The van der Waals surface area contributed by atoms with Gasteiger partial charge in [0.15, 0.2) is 17.5 Å². The van der Waals surface area contributed by atoms with E-state index in [9.17, 15) is 5.26 Å². The van der Waals surface area contributed by atoms with E-state index in [1.165, 1.54) is 59.9 Å². The Morgan fingerprint density at radius 1 is 0.527 bits per heavy atom. The first-order chi connectivity index (χ1) is 27.0. The average molecular weight is 709 g/mol. The molecule has 4 nitrogen and oxygen atoms in total. The van der Waals surface area contributed by atoms with Crippen molar-refractivity contribution in [1.82, 2.24) is 15.0 Å². The van der Waals surface area contributed by atoms with Gasteiger partial charge in [0.25, 0.3) is 0 Å². The lowest BCUT2D eigenvalue weighted by Crippen LogP contribution is -2.69. The van der Waals surface area contributed by atoms with Gasteiger partial charge in [0, 0.05) is 22.1 Å². The molecule has 4 aliphatic rings. The third-order valence-electron chi connectivity index (χ3n) is 14.2. The van der Waals surface area contributed by atoms with E-state index in [4.69, 9.17) is 15.0 Å². The highest BCUT2D eigenvalue weighted by atomic mass is 15.0. The predicted molar refractivity (Wildman–Crippen MR) is 219 cm³/mol. The maximum atomic E-state index is 9.24.